The molecule has 2 aromatic carbocycles. The van der Waals surface area contributed by atoms with E-state index in [1.165, 1.54) is 24.3 Å². The summed E-state index contributed by atoms with van der Waals surface area (Å²) in [6, 6.07) is 13.0. The number of amides is 1. The SMILES string of the molecule is O=C1NC(=Nc2ccc([N+](=O)[O-])cc2)/C(=C/c2ccc(Cl)cc2)S1. The maximum absolute atomic E-state index is 11.7. The van der Waals surface area contributed by atoms with Gasteiger partial charge in [-0.3, -0.25) is 14.9 Å². The largest absolute Gasteiger partial charge is 0.300 e. The van der Waals surface area contributed by atoms with E-state index in [4.69, 9.17) is 11.6 Å². The van der Waals surface area contributed by atoms with E-state index in [1.807, 2.05) is 18.2 Å². The number of hydrogen-bond donors (Lipinski definition) is 1. The summed E-state index contributed by atoms with van der Waals surface area (Å²) in [5.74, 6) is 0.411. The zero-order valence-corrected chi connectivity index (χ0v) is 13.7. The molecule has 120 valence electrons. The zero-order valence-electron chi connectivity index (χ0n) is 12.1. The minimum atomic E-state index is -0.476. The Morgan fingerprint density at radius 3 is 2.42 bits per heavy atom. The molecule has 24 heavy (non-hydrogen) atoms. The van der Waals surface area contributed by atoms with E-state index in [0.717, 1.165) is 17.3 Å². The molecule has 1 N–H and O–H groups in total. The third-order valence-electron chi connectivity index (χ3n) is 3.13. The third-order valence-corrected chi connectivity index (χ3v) is 4.20. The summed E-state index contributed by atoms with van der Waals surface area (Å²) in [4.78, 5) is 26.9. The number of benzene rings is 2. The van der Waals surface area contributed by atoms with Crippen molar-refractivity contribution in [2.75, 3.05) is 0 Å². The highest BCUT2D eigenvalue weighted by atomic mass is 35.5. The second-order valence-corrected chi connectivity index (χ2v) is 6.26. The van der Waals surface area contributed by atoms with Crippen molar-refractivity contribution in [1.29, 1.82) is 0 Å². The number of rotatable bonds is 3. The number of thioether (sulfide) groups is 1. The van der Waals surface area contributed by atoms with Gasteiger partial charge in [0.15, 0.2) is 0 Å². The van der Waals surface area contributed by atoms with Crippen molar-refractivity contribution in [3.05, 3.63) is 74.1 Å². The highest BCUT2D eigenvalue weighted by Crippen LogP contribution is 2.29. The van der Waals surface area contributed by atoms with Gasteiger partial charge in [0, 0.05) is 17.2 Å². The lowest BCUT2D eigenvalue weighted by Gasteiger charge is -2.00. The molecule has 6 nitrogen and oxygen atoms in total. The Labute approximate surface area is 146 Å². The molecule has 1 fully saturated rings. The highest BCUT2D eigenvalue weighted by Gasteiger charge is 2.23. The molecule has 1 aliphatic heterocycles. The number of carbonyl (C=O) groups is 1. The van der Waals surface area contributed by atoms with E-state index in [2.05, 4.69) is 10.3 Å². The van der Waals surface area contributed by atoms with E-state index in [1.54, 1.807) is 12.1 Å². The average molecular weight is 360 g/mol. The number of nitro benzene ring substituents is 1. The molecule has 8 heteroatoms. The van der Waals surface area contributed by atoms with Crippen LogP contribution in [-0.4, -0.2) is 16.0 Å². The number of nitrogens with one attached hydrogen (secondary N) is 1. The predicted octanol–water partition coefficient (Wildman–Crippen LogP) is 4.78. The molecule has 1 aliphatic rings. The van der Waals surface area contributed by atoms with E-state index in [-0.39, 0.29) is 10.9 Å². The molecular weight excluding hydrogens is 350 g/mol. The predicted molar refractivity (Wildman–Crippen MR) is 95.7 cm³/mol. The molecule has 0 radical (unpaired) electrons. The van der Waals surface area contributed by atoms with Crippen LogP contribution >= 0.6 is 23.4 Å². The lowest BCUT2D eigenvalue weighted by molar-refractivity contribution is -0.384. The van der Waals surface area contributed by atoms with Crippen LogP contribution in [0.25, 0.3) is 6.08 Å². The van der Waals surface area contributed by atoms with Crippen molar-refractivity contribution in [1.82, 2.24) is 5.32 Å². The Morgan fingerprint density at radius 1 is 1.12 bits per heavy atom. The Morgan fingerprint density at radius 2 is 1.79 bits per heavy atom. The maximum atomic E-state index is 11.7. The van der Waals surface area contributed by atoms with Crippen LogP contribution in [0.3, 0.4) is 0 Å². The Bertz CT molecular complexity index is 861. The first-order valence-electron chi connectivity index (χ1n) is 6.81. The molecule has 1 amide bonds. The van der Waals surface area contributed by atoms with Crippen LogP contribution in [0, 0.1) is 10.1 Å². The Balaban J connectivity index is 1.91. The number of amidine groups is 1. The summed E-state index contributed by atoms with van der Waals surface area (Å²) >= 11 is 6.90. The summed E-state index contributed by atoms with van der Waals surface area (Å²) in [5.41, 5.74) is 1.39. The molecule has 1 heterocycles. The monoisotopic (exact) mass is 359 g/mol. The van der Waals surface area contributed by atoms with E-state index in [0.29, 0.717) is 21.5 Å². The number of hydrogen-bond acceptors (Lipinski definition) is 5. The summed E-state index contributed by atoms with van der Waals surface area (Å²) in [6.07, 6.45) is 1.82. The number of nitrogens with zero attached hydrogens (tertiary/aromatic N) is 2. The molecular formula is C16H10ClN3O3S. The van der Waals surface area contributed by atoms with Crippen LogP contribution in [0.5, 0.6) is 0 Å². The Hall–Kier alpha value is -2.64. The normalized spacial score (nSPS) is 17.3. The zero-order chi connectivity index (χ0) is 17.1. The summed E-state index contributed by atoms with van der Waals surface area (Å²) in [6.45, 7) is 0. The maximum Gasteiger partial charge on any atom is 0.289 e. The minimum absolute atomic E-state index is 0.0132. The molecule has 1 saturated heterocycles. The molecule has 3 rings (SSSR count). The number of halogens is 1. The first-order valence-corrected chi connectivity index (χ1v) is 8.00. The molecule has 0 atom stereocenters. The van der Waals surface area contributed by atoms with E-state index < -0.39 is 4.92 Å². The van der Waals surface area contributed by atoms with Crippen LogP contribution in [0.1, 0.15) is 5.56 Å². The topological polar surface area (TPSA) is 84.6 Å². The standard InChI is InChI=1S/C16H10ClN3O3S/c17-11-3-1-10(2-4-11)9-14-15(19-16(21)24-14)18-12-5-7-13(8-6-12)20(22)23/h1-9H,(H,18,19,21)/b14-9-. The molecule has 0 aliphatic carbocycles. The van der Waals surface area contributed by atoms with Crippen LogP contribution in [-0.2, 0) is 0 Å². The molecule has 0 unspecified atom stereocenters. The van der Waals surface area contributed by atoms with Gasteiger partial charge in [0.1, 0.15) is 5.84 Å². The fourth-order valence-corrected chi connectivity index (χ4v) is 2.86. The van der Waals surface area contributed by atoms with Crippen LogP contribution in [0.15, 0.2) is 58.4 Å². The summed E-state index contributed by atoms with van der Waals surface area (Å²) in [5, 5.41) is 13.7. The molecule has 0 bridgehead atoms. The molecule has 0 spiro atoms. The van der Waals surface area contributed by atoms with Crippen molar-refractivity contribution in [2.24, 2.45) is 4.99 Å². The fourth-order valence-electron chi connectivity index (χ4n) is 2.00. The fraction of sp³-hybridized carbons (Fsp3) is 0. The molecule has 0 aromatic heterocycles. The summed E-state index contributed by atoms with van der Waals surface area (Å²) in [7, 11) is 0. The number of non-ortho nitro benzene ring substituents is 1. The van der Waals surface area contributed by atoms with Gasteiger partial charge in [-0.1, -0.05) is 23.7 Å². The first-order chi connectivity index (χ1) is 11.5. The van der Waals surface area contributed by atoms with Gasteiger partial charge >= 0.3 is 0 Å². The van der Waals surface area contributed by atoms with Gasteiger partial charge in [0.2, 0.25) is 0 Å². The van der Waals surface area contributed by atoms with Crippen LogP contribution < -0.4 is 5.32 Å². The summed E-state index contributed by atoms with van der Waals surface area (Å²) < 4.78 is 0. The highest BCUT2D eigenvalue weighted by molar-refractivity contribution is 8.18. The third kappa shape index (κ3) is 3.81. The average Bonchev–Trinajstić information content (AvgIpc) is 2.89. The quantitative estimate of drug-likeness (QED) is 0.631. The lowest BCUT2D eigenvalue weighted by Crippen LogP contribution is -2.18. The lowest BCUT2D eigenvalue weighted by atomic mass is 10.2. The van der Waals surface area contributed by atoms with Crippen molar-refractivity contribution < 1.29 is 9.72 Å². The van der Waals surface area contributed by atoms with Crippen molar-refractivity contribution in [2.45, 2.75) is 0 Å². The minimum Gasteiger partial charge on any atom is -0.300 e. The van der Waals surface area contributed by atoms with E-state index >= 15 is 0 Å². The van der Waals surface area contributed by atoms with Gasteiger partial charge in [0.25, 0.3) is 10.9 Å². The van der Waals surface area contributed by atoms with Gasteiger partial charge < -0.3 is 5.32 Å². The number of aliphatic imine (C=N–C) groups is 1. The van der Waals surface area contributed by atoms with E-state index in [9.17, 15) is 14.9 Å². The van der Waals surface area contributed by atoms with Crippen molar-refractivity contribution in [3.8, 4) is 0 Å². The van der Waals surface area contributed by atoms with Gasteiger partial charge in [-0.25, -0.2) is 4.99 Å². The molecule has 0 saturated carbocycles. The van der Waals surface area contributed by atoms with Crippen molar-refractivity contribution >= 4 is 51.9 Å². The second kappa shape index (κ2) is 6.86. The number of nitro groups is 1. The number of carbonyl (C=O) groups excluding carboxylic acids is 1. The molecule has 2 aromatic rings. The van der Waals surface area contributed by atoms with Crippen LogP contribution in [0.2, 0.25) is 5.02 Å². The Kier molecular flexibility index (Phi) is 4.64. The van der Waals surface area contributed by atoms with Crippen molar-refractivity contribution in [3.63, 3.8) is 0 Å². The van der Waals surface area contributed by atoms with Gasteiger partial charge in [-0.05, 0) is 47.7 Å². The smallest absolute Gasteiger partial charge is 0.289 e. The van der Waals surface area contributed by atoms with Gasteiger partial charge in [-0.2, -0.15) is 0 Å². The van der Waals surface area contributed by atoms with Gasteiger partial charge in [-0.15, -0.1) is 0 Å². The van der Waals surface area contributed by atoms with Crippen LogP contribution in [0.4, 0.5) is 16.2 Å². The first kappa shape index (κ1) is 16.2. The van der Waals surface area contributed by atoms with Gasteiger partial charge in [0.05, 0.1) is 15.5 Å². The second-order valence-electron chi connectivity index (χ2n) is 4.81.